The first-order valence-corrected chi connectivity index (χ1v) is 8.83. The molecule has 6 heteroatoms. The third-order valence-corrected chi connectivity index (χ3v) is 3.83. The molecular formula is C18H31N5O. The van der Waals surface area contributed by atoms with Crippen LogP contribution >= 0.6 is 0 Å². The van der Waals surface area contributed by atoms with Crippen LogP contribution in [0, 0.1) is 12.8 Å². The van der Waals surface area contributed by atoms with Crippen LogP contribution in [0.5, 0.6) is 0 Å². The van der Waals surface area contributed by atoms with E-state index in [2.05, 4.69) is 39.8 Å². The molecule has 0 spiro atoms. The lowest BCUT2D eigenvalue weighted by Crippen LogP contribution is -2.39. The number of nitrogens with zero attached hydrogens (tertiary/aromatic N) is 2. The molecule has 1 aromatic rings. The highest BCUT2D eigenvalue weighted by molar-refractivity contribution is 5.90. The van der Waals surface area contributed by atoms with E-state index in [9.17, 15) is 4.79 Å². The average molecular weight is 333 g/mol. The molecule has 0 atom stereocenters. The van der Waals surface area contributed by atoms with E-state index in [1.54, 1.807) is 6.20 Å². The molecule has 1 heterocycles. The number of amides is 1. The van der Waals surface area contributed by atoms with Crippen LogP contribution in [0.25, 0.3) is 0 Å². The van der Waals surface area contributed by atoms with E-state index in [4.69, 9.17) is 0 Å². The Morgan fingerprint density at radius 3 is 2.54 bits per heavy atom. The van der Waals surface area contributed by atoms with Crippen LogP contribution in [0.4, 0.5) is 5.82 Å². The zero-order chi connectivity index (χ0) is 17.8. The second-order valence-corrected chi connectivity index (χ2v) is 5.85. The molecule has 3 N–H and O–H groups in total. The number of anilines is 1. The number of carbonyl (C=O) groups is 1. The Hall–Kier alpha value is -2.11. The van der Waals surface area contributed by atoms with Gasteiger partial charge in [0.05, 0.1) is 0 Å². The van der Waals surface area contributed by atoms with E-state index in [1.165, 1.54) is 0 Å². The molecule has 0 bridgehead atoms. The van der Waals surface area contributed by atoms with Crippen LogP contribution in [0.1, 0.15) is 45.6 Å². The smallest absolute Gasteiger partial charge is 0.227 e. The Kier molecular flexibility index (Phi) is 9.49. The van der Waals surface area contributed by atoms with Crippen molar-refractivity contribution in [2.75, 3.05) is 25.0 Å². The lowest BCUT2D eigenvalue weighted by Gasteiger charge is -2.14. The Bertz CT molecular complexity index is 509. The minimum absolute atomic E-state index is 0.0605. The van der Waals surface area contributed by atoms with Crippen molar-refractivity contribution < 1.29 is 4.79 Å². The molecular weight excluding hydrogens is 302 g/mol. The molecule has 0 aromatic carbocycles. The number of aliphatic imine (C=N–C) groups is 1. The van der Waals surface area contributed by atoms with Crippen LogP contribution in [-0.4, -0.2) is 36.5 Å². The Morgan fingerprint density at radius 2 is 1.96 bits per heavy atom. The second kappa shape index (κ2) is 11.4. The van der Waals surface area contributed by atoms with Crippen molar-refractivity contribution in [2.45, 2.75) is 47.0 Å². The highest BCUT2D eigenvalue weighted by Gasteiger charge is 2.06. The van der Waals surface area contributed by atoms with Gasteiger partial charge in [0, 0.05) is 32.3 Å². The quantitative estimate of drug-likeness (QED) is 0.479. The summed E-state index contributed by atoms with van der Waals surface area (Å²) >= 11 is 0. The van der Waals surface area contributed by atoms with Gasteiger partial charge in [-0.05, 0) is 31.4 Å². The predicted octanol–water partition coefficient (Wildman–Crippen LogP) is 2.71. The van der Waals surface area contributed by atoms with Gasteiger partial charge in [-0.1, -0.05) is 32.8 Å². The number of guanidine groups is 1. The predicted molar refractivity (Wildman–Crippen MR) is 100 cm³/mol. The summed E-state index contributed by atoms with van der Waals surface area (Å²) < 4.78 is 0. The monoisotopic (exact) mass is 333 g/mol. The Balaban J connectivity index is 2.39. The van der Waals surface area contributed by atoms with Crippen molar-refractivity contribution in [1.82, 2.24) is 15.6 Å². The first kappa shape index (κ1) is 19.9. The number of nitrogens with one attached hydrogen (secondary N) is 3. The van der Waals surface area contributed by atoms with Gasteiger partial charge >= 0.3 is 0 Å². The highest BCUT2D eigenvalue weighted by Crippen LogP contribution is 2.07. The fraction of sp³-hybridized carbons (Fsp3) is 0.611. The molecule has 6 nitrogen and oxygen atoms in total. The molecule has 1 amide bonds. The second-order valence-electron chi connectivity index (χ2n) is 5.85. The van der Waals surface area contributed by atoms with E-state index < -0.39 is 0 Å². The fourth-order valence-corrected chi connectivity index (χ4v) is 2.15. The molecule has 134 valence electrons. The summed E-state index contributed by atoms with van der Waals surface area (Å²) in [6.45, 7) is 10.5. The van der Waals surface area contributed by atoms with Crippen molar-refractivity contribution in [3.05, 3.63) is 23.9 Å². The third kappa shape index (κ3) is 7.94. The number of aromatic nitrogens is 1. The van der Waals surface area contributed by atoms with Gasteiger partial charge in [-0.15, -0.1) is 0 Å². The van der Waals surface area contributed by atoms with E-state index >= 15 is 0 Å². The topological polar surface area (TPSA) is 78.4 Å². The molecule has 0 aliphatic carbocycles. The molecule has 24 heavy (non-hydrogen) atoms. The van der Waals surface area contributed by atoms with E-state index in [-0.39, 0.29) is 5.91 Å². The summed E-state index contributed by atoms with van der Waals surface area (Å²) in [7, 11) is 0. The number of hydrogen-bond acceptors (Lipinski definition) is 3. The van der Waals surface area contributed by atoms with Gasteiger partial charge in [0.25, 0.3) is 0 Å². The van der Waals surface area contributed by atoms with E-state index in [0.29, 0.717) is 24.7 Å². The number of rotatable bonds is 9. The lowest BCUT2D eigenvalue weighted by molar-refractivity contribution is -0.116. The zero-order valence-electron chi connectivity index (χ0n) is 15.4. The number of carbonyl (C=O) groups excluding carboxylic acids is 1. The minimum atomic E-state index is -0.0605. The van der Waals surface area contributed by atoms with Crippen LogP contribution in [0.15, 0.2) is 23.3 Å². The third-order valence-electron chi connectivity index (χ3n) is 3.83. The maximum atomic E-state index is 11.9. The fourth-order valence-electron chi connectivity index (χ4n) is 2.15. The highest BCUT2D eigenvalue weighted by atomic mass is 16.1. The van der Waals surface area contributed by atoms with Gasteiger partial charge in [0.2, 0.25) is 5.91 Å². The van der Waals surface area contributed by atoms with Gasteiger partial charge in [-0.25, -0.2) is 4.98 Å². The molecule has 0 fully saturated rings. The molecule has 0 unspecified atom stereocenters. The van der Waals surface area contributed by atoms with Crippen molar-refractivity contribution in [1.29, 1.82) is 0 Å². The SMILES string of the molecule is CCNC(=NCC(CC)CC)NCCC(=O)Nc1ccc(C)cn1. The van der Waals surface area contributed by atoms with Crippen LogP contribution in [0.2, 0.25) is 0 Å². The van der Waals surface area contributed by atoms with Crippen molar-refractivity contribution in [2.24, 2.45) is 10.9 Å². The van der Waals surface area contributed by atoms with Crippen LogP contribution in [-0.2, 0) is 4.79 Å². The van der Waals surface area contributed by atoms with Crippen LogP contribution in [0.3, 0.4) is 0 Å². The maximum Gasteiger partial charge on any atom is 0.227 e. The number of hydrogen-bond donors (Lipinski definition) is 3. The van der Waals surface area contributed by atoms with Gasteiger partial charge < -0.3 is 16.0 Å². The molecule has 0 saturated carbocycles. The number of pyridine rings is 1. The van der Waals surface area contributed by atoms with Gasteiger partial charge in [-0.3, -0.25) is 9.79 Å². The van der Waals surface area contributed by atoms with Gasteiger partial charge in [-0.2, -0.15) is 0 Å². The first-order valence-electron chi connectivity index (χ1n) is 8.83. The molecule has 1 rings (SSSR count). The lowest BCUT2D eigenvalue weighted by atomic mass is 10.0. The molecule has 0 aliphatic heterocycles. The van der Waals surface area contributed by atoms with Crippen LogP contribution < -0.4 is 16.0 Å². The van der Waals surface area contributed by atoms with Gasteiger partial charge in [0.1, 0.15) is 5.82 Å². The molecule has 0 aliphatic rings. The standard InChI is InChI=1S/C18H31N5O/c1-5-15(6-2)13-22-18(19-7-3)20-11-10-17(24)23-16-9-8-14(4)12-21-16/h8-9,12,15H,5-7,10-11,13H2,1-4H3,(H2,19,20,22)(H,21,23,24). The average Bonchev–Trinajstić information content (AvgIpc) is 2.57. The zero-order valence-corrected chi connectivity index (χ0v) is 15.4. The largest absolute Gasteiger partial charge is 0.357 e. The summed E-state index contributed by atoms with van der Waals surface area (Å²) in [5, 5.41) is 9.21. The first-order chi connectivity index (χ1) is 11.6. The molecule has 0 radical (unpaired) electrons. The maximum absolute atomic E-state index is 11.9. The Morgan fingerprint density at radius 1 is 1.21 bits per heavy atom. The molecule has 1 aromatic heterocycles. The Labute approximate surface area is 145 Å². The number of aryl methyl sites for hydroxylation is 1. The van der Waals surface area contributed by atoms with Crippen molar-refractivity contribution in [3.63, 3.8) is 0 Å². The minimum Gasteiger partial charge on any atom is -0.357 e. The van der Waals surface area contributed by atoms with Gasteiger partial charge in [0.15, 0.2) is 5.96 Å². The molecule has 0 saturated heterocycles. The van der Waals surface area contributed by atoms with Crippen molar-refractivity contribution >= 4 is 17.7 Å². The summed E-state index contributed by atoms with van der Waals surface area (Å²) in [6, 6.07) is 3.73. The van der Waals surface area contributed by atoms with Crippen molar-refractivity contribution in [3.8, 4) is 0 Å². The van der Waals surface area contributed by atoms with E-state index in [0.717, 1.165) is 37.5 Å². The normalized spacial score (nSPS) is 11.5. The summed E-state index contributed by atoms with van der Waals surface area (Å²) in [4.78, 5) is 20.7. The van der Waals surface area contributed by atoms with E-state index in [1.807, 2.05) is 26.0 Å². The summed E-state index contributed by atoms with van der Waals surface area (Å²) in [6.07, 6.45) is 4.36. The summed E-state index contributed by atoms with van der Waals surface area (Å²) in [5.41, 5.74) is 1.07. The summed E-state index contributed by atoms with van der Waals surface area (Å²) in [5.74, 6) is 1.90.